The first-order chi connectivity index (χ1) is 9.95. The predicted molar refractivity (Wildman–Crippen MR) is 82.5 cm³/mol. The number of sulfonamides is 1. The van der Waals surface area contributed by atoms with Crippen molar-refractivity contribution in [2.75, 3.05) is 19.6 Å². The first-order valence-corrected chi connectivity index (χ1v) is 9.16. The van der Waals surface area contributed by atoms with E-state index in [2.05, 4.69) is 29.0 Å². The highest BCUT2D eigenvalue weighted by Crippen LogP contribution is 2.39. The number of aromatic nitrogens is 2. The number of rotatable bonds is 9. The van der Waals surface area contributed by atoms with E-state index in [1.807, 2.05) is 0 Å². The van der Waals surface area contributed by atoms with Crippen molar-refractivity contribution in [2.24, 2.45) is 5.41 Å². The average Bonchev–Trinajstić information content (AvgIpc) is 2.89. The molecule has 7 heteroatoms. The fraction of sp³-hybridized carbons (Fsp3) is 0.786. The summed E-state index contributed by atoms with van der Waals surface area (Å²) in [5.41, 5.74) is 0.132. The molecule has 2 rings (SSSR count). The van der Waals surface area contributed by atoms with Crippen LogP contribution in [0.3, 0.4) is 0 Å². The zero-order chi connectivity index (χ0) is 15.3. The summed E-state index contributed by atoms with van der Waals surface area (Å²) in [6, 6.07) is 0. The van der Waals surface area contributed by atoms with Gasteiger partial charge in [-0.25, -0.2) is 13.1 Å². The fourth-order valence-electron chi connectivity index (χ4n) is 2.41. The van der Waals surface area contributed by atoms with Crippen LogP contribution in [0.2, 0.25) is 0 Å². The van der Waals surface area contributed by atoms with Gasteiger partial charge in [0.05, 0.1) is 12.7 Å². The van der Waals surface area contributed by atoms with Crippen LogP contribution in [0.1, 0.15) is 39.5 Å². The van der Waals surface area contributed by atoms with Gasteiger partial charge in [-0.2, -0.15) is 5.10 Å². The Kier molecular flexibility index (Phi) is 5.40. The Morgan fingerprint density at radius 2 is 2.14 bits per heavy atom. The molecule has 1 aliphatic carbocycles. The van der Waals surface area contributed by atoms with Gasteiger partial charge < -0.3 is 5.32 Å². The van der Waals surface area contributed by atoms with Crippen molar-refractivity contribution in [3.05, 3.63) is 12.4 Å². The van der Waals surface area contributed by atoms with Crippen molar-refractivity contribution in [1.29, 1.82) is 0 Å². The number of hydrogen-bond donors (Lipinski definition) is 2. The summed E-state index contributed by atoms with van der Waals surface area (Å²) in [6.07, 6.45) is 7.49. The lowest BCUT2D eigenvalue weighted by Gasteiger charge is -2.38. The molecule has 1 aliphatic rings. The topological polar surface area (TPSA) is 76.0 Å². The van der Waals surface area contributed by atoms with Crippen LogP contribution in [0.15, 0.2) is 17.3 Å². The van der Waals surface area contributed by atoms with Crippen molar-refractivity contribution in [3.63, 3.8) is 0 Å². The molecule has 0 aromatic carbocycles. The Hall–Kier alpha value is -0.920. The molecule has 1 aromatic rings. The second kappa shape index (κ2) is 6.89. The van der Waals surface area contributed by atoms with E-state index in [9.17, 15) is 8.42 Å². The molecule has 0 spiro atoms. The van der Waals surface area contributed by atoms with Crippen LogP contribution >= 0.6 is 0 Å². The smallest absolute Gasteiger partial charge is 0.243 e. The summed E-state index contributed by atoms with van der Waals surface area (Å²) in [4.78, 5) is 0.251. The third-order valence-electron chi connectivity index (χ3n) is 4.11. The van der Waals surface area contributed by atoms with Gasteiger partial charge in [0.25, 0.3) is 0 Å². The number of nitrogens with zero attached hydrogens (tertiary/aromatic N) is 2. The lowest BCUT2D eigenvalue weighted by atomic mass is 9.71. The van der Waals surface area contributed by atoms with Crippen LogP contribution in [0, 0.1) is 5.41 Å². The van der Waals surface area contributed by atoms with Crippen LogP contribution < -0.4 is 10.0 Å². The highest BCUT2D eigenvalue weighted by Gasteiger charge is 2.33. The van der Waals surface area contributed by atoms with Gasteiger partial charge in [0.1, 0.15) is 4.90 Å². The maximum Gasteiger partial charge on any atom is 0.243 e. The molecule has 0 radical (unpaired) electrons. The minimum atomic E-state index is -3.44. The largest absolute Gasteiger partial charge is 0.315 e. The van der Waals surface area contributed by atoms with E-state index in [4.69, 9.17) is 0 Å². The standard InChI is InChI=1S/C14H26N4O2S/c1-3-7-15-8-9-18-11-13(10-16-18)21(19,20)17-12-14(2)5-4-6-14/h10-11,15,17H,3-9,12H2,1-2H3. The summed E-state index contributed by atoms with van der Waals surface area (Å²) < 4.78 is 28.8. The van der Waals surface area contributed by atoms with E-state index in [1.165, 1.54) is 12.6 Å². The minimum Gasteiger partial charge on any atom is -0.315 e. The minimum absolute atomic E-state index is 0.132. The lowest BCUT2D eigenvalue weighted by Crippen LogP contribution is -2.39. The highest BCUT2D eigenvalue weighted by molar-refractivity contribution is 7.89. The monoisotopic (exact) mass is 314 g/mol. The normalized spacial score (nSPS) is 17.6. The molecular weight excluding hydrogens is 288 g/mol. The molecule has 0 amide bonds. The van der Waals surface area contributed by atoms with Crippen LogP contribution in [0.25, 0.3) is 0 Å². The van der Waals surface area contributed by atoms with Crippen molar-refractivity contribution in [3.8, 4) is 0 Å². The molecule has 0 aliphatic heterocycles. The maximum atomic E-state index is 12.2. The summed E-state index contributed by atoms with van der Waals surface area (Å²) in [6.45, 7) is 7.18. The third-order valence-corrected chi connectivity index (χ3v) is 5.47. The molecule has 1 heterocycles. The van der Waals surface area contributed by atoms with Crippen molar-refractivity contribution >= 4 is 10.0 Å². The van der Waals surface area contributed by atoms with Crippen LogP contribution in [0.4, 0.5) is 0 Å². The van der Waals surface area contributed by atoms with E-state index < -0.39 is 10.0 Å². The van der Waals surface area contributed by atoms with E-state index in [0.29, 0.717) is 13.1 Å². The second-order valence-electron chi connectivity index (χ2n) is 6.18. The molecule has 1 saturated carbocycles. The molecule has 6 nitrogen and oxygen atoms in total. The van der Waals surface area contributed by atoms with Gasteiger partial charge in [0.2, 0.25) is 10.0 Å². The van der Waals surface area contributed by atoms with Gasteiger partial charge in [0, 0.05) is 19.3 Å². The van der Waals surface area contributed by atoms with E-state index >= 15 is 0 Å². The molecule has 2 N–H and O–H groups in total. The van der Waals surface area contributed by atoms with Crippen molar-refractivity contribution < 1.29 is 8.42 Å². The molecule has 0 saturated heterocycles. The molecule has 120 valence electrons. The van der Waals surface area contributed by atoms with E-state index in [1.54, 1.807) is 10.9 Å². The van der Waals surface area contributed by atoms with Crippen LogP contribution in [0.5, 0.6) is 0 Å². The SMILES string of the molecule is CCCNCCn1cc(S(=O)(=O)NCC2(C)CCC2)cn1. The lowest BCUT2D eigenvalue weighted by molar-refractivity contribution is 0.166. The first kappa shape index (κ1) is 16.5. The molecule has 0 bridgehead atoms. The first-order valence-electron chi connectivity index (χ1n) is 7.68. The second-order valence-corrected chi connectivity index (χ2v) is 7.94. The zero-order valence-corrected chi connectivity index (χ0v) is 13.7. The third kappa shape index (κ3) is 4.52. The average molecular weight is 314 g/mol. The van der Waals surface area contributed by atoms with Crippen molar-refractivity contribution in [1.82, 2.24) is 19.8 Å². The Morgan fingerprint density at radius 1 is 1.38 bits per heavy atom. The van der Waals surface area contributed by atoms with Gasteiger partial charge in [-0.1, -0.05) is 20.3 Å². The molecule has 1 fully saturated rings. The Morgan fingerprint density at radius 3 is 2.76 bits per heavy atom. The van der Waals surface area contributed by atoms with Gasteiger partial charge in [-0.15, -0.1) is 0 Å². The summed E-state index contributed by atoms with van der Waals surface area (Å²) in [5, 5.41) is 7.38. The van der Waals surface area contributed by atoms with Gasteiger partial charge >= 0.3 is 0 Å². The fourth-order valence-corrected chi connectivity index (χ4v) is 3.56. The van der Waals surface area contributed by atoms with E-state index in [0.717, 1.165) is 32.4 Å². The van der Waals surface area contributed by atoms with Gasteiger partial charge in [-0.3, -0.25) is 4.68 Å². The highest BCUT2D eigenvalue weighted by atomic mass is 32.2. The van der Waals surface area contributed by atoms with Crippen molar-refractivity contribution in [2.45, 2.75) is 51.0 Å². The van der Waals surface area contributed by atoms with Crippen LogP contribution in [-0.2, 0) is 16.6 Å². The zero-order valence-electron chi connectivity index (χ0n) is 12.9. The van der Waals surface area contributed by atoms with Crippen LogP contribution in [-0.4, -0.2) is 37.8 Å². The van der Waals surface area contributed by atoms with Gasteiger partial charge in [-0.05, 0) is 31.2 Å². The summed E-state index contributed by atoms with van der Waals surface area (Å²) in [7, 11) is -3.44. The molecule has 0 unspecified atom stereocenters. The Bertz CT molecular complexity index is 549. The van der Waals surface area contributed by atoms with Gasteiger partial charge in [0.15, 0.2) is 0 Å². The summed E-state index contributed by atoms with van der Waals surface area (Å²) in [5.74, 6) is 0. The Labute approximate surface area is 127 Å². The molecular formula is C14H26N4O2S. The molecule has 21 heavy (non-hydrogen) atoms. The van der Waals surface area contributed by atoms with E-state index in [-0.39, 0.29) is 10.3 Å². The Balaban J connectivity index is 1.86. The number of hydrogen-bond acceptors (Lipinski definition) is 4. The maximum absolute atomic E-state index is 12.2. The molecule has 0 atom stereocenters. The molecule has 1 aromatic heterocycles. The number of nitrogens with one attached hydrogen (secondary N) is 2. The predicted octanol–water partition coefficient (Wildman–Crippen LogP) is 1.35. The quantitative estimate of drug-likeness (QED) is 0.675. The summed E-state index contributed by atoms with van der Waals surface area (Å²) >= 11 is 0.